The number of carbonyl (C=O) groups excluding carboxylic acids is 1. The molecule has 0 unspecified atom stereocenters. The molecule has 0 saturated carbocycles. The van der Waals surface area contributed by atoms with Gasteiger partial charge in [0.15, 0.2) is 0 Å². The summed E-state index contributed by atoms with van der Waals surface area (Å²) in [5.41, 5.74) is 9.67. The van der Waals surface area contributed by atoms with Gasteiger partial charge < -0.3 is 0 Å². The Bertz CT molecular complexity index is 501. The standard InChI is InChI=1S/C13H13N3OS/c1-2-3-6-9-18-13(17)12-8-5-4-7-11(12)10-15-16-14/h1,4-5,7-8H,3,6,9-10H2. The summed E-state index contributed by atoms with van der Waals surface area (Å²) >= 11 is 1.25. The monoisotopic (exact) mass is 259 g/mol. The molecule has 1 aromatic rings. The van der Waals surface area contributed by atoms with Crippen LogP contribution in [-0.2, 0) is 6.54 Å². The summed E-state index contributed by atoms with van der Waals surface area (Å²) in [5.74, 6) is 3.25. The summed E-state index contributed by atoms with van der Waals surface area (Å²) in [7, 11) is 0. The molecule has 0 aliphatic carbocycles. The zero-order chi connectivity index (χ0) is 13.2. The largest absolute Gasteiger partial charge is 0.282 e. The number of azide groups is 1. The van der Waals surface area contributed by atoms with Crippen LogP contribution in [0, 0.1) is 12.3 Å². The number of hydrogen-bond donors (Lipinski definition) is 0. The second-order valence-corrected chi connectivity index (χ2v) is 4.56. The topological polar surface area (TPSA) is 65.8 Å². The summed E-state index contributed by atoms with van der Waals surface area (Å²) in [5, 5.41) is 3.48. The molecule has 0 bridgehead atoms. The molecule has 0 heterocycles. The third-order valence-corrected chi connectivity index (χ3v) is 3.22. The molecule has 1 rings (SSSR count). The Kier molecular flexibility index (Phi) is 6.49. The quantitative estimate of drug-likeness (QED) is 0.256. The lowest BCUT2D eigenvalue weighted by atomic mass is 10.1. The normalized spacial score (nSPS) is 9.28. The number of thioether (sulfide) groups is 1. The van der Waals surface area contributed by atoms with Crippen LogP contribution in [0.3, 0.4) is 0 Å². The van der Waals surface area contributed by atoms with Gasteiger partial charge in [0.25, 0.3) is 0 Å². The maximum Gasteiger partial charge on any atom is 0.219 e. The average Bonchev–Trinajstić information content (AvgIpc) is 2.41. The van der Waals surface area contributed by atoms with E-state index in [9.17, 15) is 4.79 Å². The van der Waals surface area contributed by atoms with E-state index in [1.165, 1.54) is 11.8 Å². The van der Waals surface area contributed by atoms with Gasteiger partial charge in [0.1, 0.15) is 0 Å². The third-order valence-electron chi connectivity index (χ3n) is 2.24. The molecule has 0 aromatic heterocycles. The third kappa shape index (κ3) is 4.54. The van der Waals surface area contributed by atoms with Gasteiger partial charge >= 0.3 is 0 Å². The molecule has 0 fully saturated rings. The minimum atomic E-state index is -0.00392. The number of hydrogen-bond acceptors (Lipinski definition) is 3. The van der Waals surface area contributed by atoms with Gasteiger partial charge in [-0.3, -0.25) is 4.79 Å². The average molecular weight is 259 g/mol. The van der Waals surface area contributed by atoms with Gasteiger partial charge in [-0.2, -0.15) is 0 Å². The number of terminal acetylenes is 1. The van der Waals surface area contributed by atoms with Crippen LogP contribution in [0.15, 0.2) is 29.4 Å². The van der Waals surface area contributed by atoms with Crippen molar-refractivity contribution in [3.05, 3.63) is 45.8 Å². The number of unbranched alkanes of at least 4 members (excludes halogenated alkanes) is 1. The second kappa shape index (κ2) is 8.24. The van der Waals surface area contributed by atoms with Crippen LogP contribution in [0.5, 0.6) is 0 Å². The van der Waals surface area contributed by atoms with Gasteiger partial charge in [-0.1, -0.05) is 41.1 Å². The van der Waals surface area contributed by atoms with Gasteiger partial charge in [-0.25, -0.2) is 0 Å². The SMILES string of the molecule is C#CCCCSC(=O)c1ccccc1CN=[N+]=[N-]. The molecule has 0 atom stereocenters. The van der Waals surface area contributed by atoms with E-state index in [2.05, 4.69) is 15.9 Å². The highest BCUT2D eigenvalue weighted by atomic mass is 32.2. The van der Waals surface area contributed by atoms with Crippen molar-refractivity contribution in [2.24, 2.45) is 5.11 Å². The smallest absolute Gasteiger partial charge is 0.219 e. The van der Waals surface area contributed by atoms with Crippen molar-refractivity contribution in [1.82, 2.24) is 0 Å². The molecule has 0 N–H and O–H groups in total. The van der Waals surface area contributed by atoms with E-state index >= 15 is 0 Å². The van der Waals surface area contributed by atoms with Crippen molar-refractivity contribution in [2.45, 2.75) is 19.4 Å². The maximum absolute atomic E-state index is 12.0. The Hall–Kier alpha value is -1.89. The molecule has 4 nitrogen and oxygen atoms in total. The molecule has 0 aliphatic rings. The van der Waals surface area contributed by atoms with Crippen molar-refractivity contribution in [2.75, 3.05) is 5.75 Å². The summed E-state index contributed by atoms with van der Waals surface area (Å²) in [6.07, 6.45) is 6.65. The molecule has 0 radical (unpaired) electrons. The van der Waals surface area contributed by atoms with E-state index in [4.69, 9.17) is 12.0 Å². The lowest BCUT2D eigenvalue weighted by Crippen LogP contribution is -2.00. The van der Waals surface area contributed by atoms with Crippen LogP contribution >= 0.6 is 11.8 Å². The predicted octanol–water partition coefficient (Wildman–Crippen LogP) is 3.78. The van der Waals surface area contributed by atoms with E-state index in [1.54, 1.807) is 18.2 Å². The van der Waals surface area contributed by atoms with Crippen LogP contribution in [0.2, 0.25) is 0 Å². The van der Waals surface area contributed by atoms with Crippen molar-refractivity contribution >= 4 is 16.9 Å². The molecule has 92 valence electrons. The second-order valence-electron chi connectivity index (χ2n) is 3.49. The molecular formula is C13H13N3OS. The van der Waals surface area contributed by atoms with Crippen LogP contribution in [-0.4, -0.2) is 10.9 Å². The maximum atomic E-state index is 12.0. The highest BCUT2D eigenvalue weighted by Gasteiger charge is 2.10. The fourth-order valence-corrected chi connectivity index (χ4v) is 2.21. The highest BCUT2D eigenvalue weighted by molar-refractivity contribution is 8.14. The van der Waals surface area contributed by atoms with Gasteiger partial charge in [-0.05, 0) is 17.5 Å². The van der Waals surface area contributed by atoms with E-state index in [0.717, 1.165) is 12.0 Å². The van der Waals surface area contributed by atoms with E-state index in [0.29, 0.717) is 17.7 Å². The number of benzene rings is 1. The van der Waals surface area contributed by atoms with Gasteiger partial charge in [-0.15, -0.1) is 12.3 Å². The predicted molar refractivity (Wildman–Crippen MR) is 74.1 cm³/mol. The molecule has 0 saturated heterocycles. The Morgan fingerprint density at radius 1 is 1.50 bits per heavy atom. The fourth-order valence-electron chi connectivity index (χ4n) is 1.38. The summed E-state index contributed by atoms with van der Waals surface area (Å²) < 4.78 is 0. The van der Waals surface area contributed by atoms with Gasteiger partial charge in [0.05, 0.1) is 6.54 Å². The minimum absolute atomic E-state index is 0.00392. The number of nitrogens with zero attached hydrogens (tertiary/aromatic N) is 3. The Balaban J connectivity index is 2.67. The first-order valence-corrected chi connectivity index (χ1v) is 6.47. The highest BCUT2D eigenvalue weighted by Crippen LogP contribution is 2.18. The van der Waals surface area contributed by atoms with Gasteiger partial charge in [0, 0.05) is 22.6 Å². The first-order chi connectivity index (χ1) is 8.79. The van der Waals surface area contributed by atoms with Crippen molar-refractivity contribution < 1.29 is 4.79 Å². The Morgan fingerprint density at radius 3 is 3.00 bits per heavy atom. The number of carbonyl (C=O) groups is 1. The first-order valence-electron chi connectivity index (χ1n) is 5.49. The lowest BCUT2D eigenvalue weighted by Gasteiger charge is -2.05. The van der Waals surface area contributed by atoms with Crippen LogP contribution in [0.1, 0.15) is 28.8 Å². The van der Waals surface area contributed by atoms with Crippen molar-refractivity contribution in [1.29, 1.82) is 0 Å². The summed E-state index contributed by atoms with van der Waals surface area (Å²) in [6.45, 7) is 0.198. The van der Waals surface area contributed by atoms with Crippen LogP contribution < -0.4 is 0 Å². The summed E-state index contributed by atoms with van der Waals surface area (Å²) in [6, 6.07) is 7.17. The Morgan fingerprint density at radius 2 is 2.28 bits per heavy atom. The zero-order valence-corrected chi connectivity index (χ0v) is 10.7. The molecule has 0 aliphatic heterocycles. The molecule has 5 heteroatoms. The molecule has 0 spiro atoms. The van der Waals surface area contributed by atoms with E-state index in [1.807, 2.05) is 6.07 Å². The molecule has 0 amide bonds. The molecular weight excluding hydrogens is 246 g/mol. The van der Waals surface area contributed by atoms with Crippen LogP contribution in [0.4, 0.5) is 0 Å². The molecule has 18 heavy (non-hydrogen) atoms. The molecule has 1 aromatic carbocycles. The number of rotatable bonds is 6. The first kappa shape index (κ1) is 14.2. The zero-order valence-electron chi connectivity index (χ0n) is 9.87. The van der Waals surface area contributed by atoms with E-state index in [-0.39, 0.29) is 11.7 Å². The Labute approximate surface area is 110 Å². The van der Waals surface area contributed by atoms with Gasteiger partial charge in [0.2, 0.25) is 5.12 Å². The van der Waals surface area contributed by atoms with Crippen molar-refractivity contribution in [3.8, 4) is 12.3 Å². The van der Waals surface area contributed by atoms with Crippen LogP contribution in [0.25, 0.3) is 10.4 Å². The minimum Gasteiger partial charge on any atom is -0.282 e. The van der Waals surface area contributed by atoms with E-state index < -0.39 is 0 Å². The summed E-state index contributed by atoms with van der Waals surface area (Å²) in [4.78, 5) is 14.7. The lowest BCUT2D eigenvalue weighted by molar-refractivity contribution is 0.108. The fraction of sp³-hybridized carbons (Fsp3) is 0.308. The van der Waals surface area contributed by atoms with Crippen molar-refractivity contribution in [3.63, 3.8) is 0 Å².